The minimum Gasteiger partial charge on any atom is -0.497 e. The summed E-state index contributed by atoms with van der Waals surface area (Å²) in [4.78, 5) is 6.87. The fourth-order valence-corrected chi connectivity index (χ4v) is 3.49. The number of ether oxygens (including phenoxy) is 4. The van der Waals surface area contributed by atoms with Gasteiger partial charge in [0.25, 0.3) is 0 Å². The van der Waals surface area contributed by atoms with Crippen LogP contribution in [0.3, 0.4) is 0 Å². The summed E-state index contributed by atoms with van der Waals surface area (Å²) in [7, 11) is 5.27. The van der Waals surface area contributed by atoms with Crippen molar-refractivity contribution in [2.45, 2.75) is 19.6 Å². The molecule has 1 aromatic heterocycles. The van der Waals surface area contributed by atoms with Gasteiger partial charge in [0.2, 0.25) is 5.89 Å². The van der Waals surface area contributed by atoms with Gasteiger partial charge in [0, 0.05) is 19.2 Å². The SMILES string of the molecule is COc1ccc(-c2nc(CN(C)C[C@@H]3COc4ccccc4O3)c(C)o2)c(OC)c1. The molecule has 158 valence electrons. The average molecular weight is 410 g/mol. The van der Waals surface area contributed by atoms with Crippen LogP contribution in [0.15, 0.2) is 46.9 Å². The van der Waals surface area contributed by atoms with E-state index < -0.39 is 0 Å². The van der Waals surface area contributed by atoms with E-state index in [1.54, 1.807) is 14.2 Å². The lowest BCUT2D eigenvalue weighted by Gasteiger charge is -2.29. The number of likely N-dealkylation sites (N-methyl/N-ethyl adjacent to an activating group) is 1. The van der Waals surface area contributed by atoms with Gasteiger partial charge in [-0.05, 0) is 38.2 Å². The number of nitrogens with zero attached hydrogens (tertiary/aromatic N) is 2. The number of hydrogen-bond acceptors (Lipinski definition) is 7. The molecule has 1 aliphatic heterocycles. The van der Waals surface area contributed by atoms with Crippen LogP contribution in [-0.4, -0.2) is 50.4 Å². The van der Waals surface area contributed by atoms with E-state index in [2.05, 4.69) is 4.90 Å². The van der Waals surface area contributed by atoms with Crippen LogP contribution in [-0.2, 0) is 6.54 Å². The number of rotatable bonds is 7. The molecule has 0 saturated heterocycles. The Labute approximate surface area is 176 Å². The standard InChI is InChI=1S/C23H26N2O5/c1-15-19(24-23(29-15)18-10-9-16(26-3)11-22(18)27-4)13-25(2)12-17-14-28-20-7-5-6-8-21(20)30-17/h5-11,17H,12-14H2,1-4H3/t17-/m1/s1. The summed E-state index contributed by atoms with van der Waals surface area (Å²) >= 11 is 0. The topological polar surface area (TPSA) is 66.2 Å². The second kappa shape index (κ2) is 8.67. The molecule has 0 bridgehead atoms. The summed E-state index contributed by atoms with van der Waals surface area (Å²) in [6.45, 7) is 3.79. The number of hydrogen-bond donors (Lipinski definition) is 0. The molecule has 0 aliphatic carbocycles. The molecular formula is C23H26N2O5. The molecule has 30 heavy (non-hydrogen) atoms. The van der Waals surface area contributed by atoms with Crippen LogP contribution < -0.4 is 18.9 Å². The molecule has 1 aliphatic rings. The molecule has 2 heterocycles. The average Bonchev–Trinajstić information content (AvgIpc) is 3.12. The first kappa shape index (κ1) is 20.1. The largest absolute Gasteiger partial charge is 0.497 e. The predicted octanol–water partition coefficient (Wildman–Crippen LogP) is 3.94. The third kappa shape index (κ3) is 4.21. The van der Waals surface area contributed by atoms with E-state index in [1.807, 2.05) is 56.4 Å². The van der Waals surface area contributed by atoms with Gasteiger partial charge in [0.15, 0.2) is 11.5 Å². The molecule has 2 aromatic carbocycles. The number of aryl methyl sites for hydroxylation is 1. The molecule has 0 radical (unpaired) electrons. The van der Waals surface area contributed by atoms with E-state index in [0.717, 1.165) is 34.3 Å². The third-order valence-electron chi connectivity index (χ3n) is 5.03. The Morgan fingerprint density at radius 2 is 1.90 bits per heavy atom. The van der Waals surface area contributed by atoms with Crippen molar-refractivity contribution in [3.05, 3.63) is 53.9 Å². The number of fused-ring (bicyclic) bond motifs is 1. The molecule has 0 fully saturated rings. The van der Waals surface area contributed by atoms with E-state index >= 15 is 0 Å². The normalized spacial score (nSPS) is 15.3. The van der Waals surface area contributed by atoms with Gasteiger partial charge in [-0.25, -0.2) is 4.98 Å². The van der Waals surface area contributed by atoms with Crippen LogP contribution in [0.4, 0.5) is 0 Å². The van der Waals surface area contributed by atoms with E-state index in [9.17, 15) is 0 Å². The van der Waals surface area contributed by atoms with Crippen LogP contribution in [0.1, 0.15) is 11.5 Å². The lowest BCUT2D eigenvalue weighted by molar-refractivity contribution is 0.0634. The molecule has 0 unspecified atom stereocenters. The van der Waals surface area contributed by atoms with Crippen molar-refractivity contribution in [2.24, 2.45) is 0 Å². The van der Waals surface area contributed by atoms with Gasteiger partial charge in [-0.1, -0.05) is 12.1 Å². The molecule has 0 N–H and O–H groups in total. The van der Waals surface area contributed by atoms with E-state index in [1.165, 1.54) is 0 Å². The highest BCUT2D eigenvalue weighted by molar-refractivity contribution is 5.65. The van der Waals surface area contributed by atoms with Crippen molar-refractivity contribution in [2.75, 3.05) is 34.4 Å². The molecule has 3 aromatic rings. The van der Waals surface area contributed by atoms with Gasteiger partial charge in [0.05, 0.1) is 25.5 Å². The number of aromatic nitrogens is 1. The van der Waals surface area contributed by atoms with Crippen molar-refractivity contribution < 1.29 is 23.4 Å². The first-order valence-corrected chi connectivity index (χ1v) is 9.83. The van der Waals surface area contributed by atoms with Gasteiger partial charge in [-0.3, -0.25) is 4.90 Å². The van der Waals surface area contributed by atoms with Gasteiger partial charge in [0.1, 0.15) is 30.0 Å². The smallest absolute Gasteiger partial charge is 0.230 e. The molecule has 7 heteroatoms. The van der Waals surface area contributed by atoms with Crippen LogP contribution in [0.2, 0.25) is 0 Å². The van der Waals surface area contributed by atoms with E-state index in [4.69, 9.17) is 28.3 Å². The molecule has 0 spiro atoms. The Morgan fingerprint density at radius 3 is 2.67 bits per heavy atom. The fourth-order valence-electron chi connectivity index (χ4n) is 3.49. The first-order valence-electron chi connectivity index (χ1n) is 9.83. The maximum Gasteiger partial charge on any atom is 0.230 e. The highest BCUT2D eigenvalue weighted by Gasteiger charge is 2.23. The molecule has 4 rings (SSSR count). The summed E-state index contributed by atoms with van der Waals surface area (Å²) < 4.78 is 28.5. The molecule has 1 atom stereocenters. The minimum absolute atomic E-state index is 0.0433. The lowest BCUT2D eigenvalue weighted by Crippen LogP contribution is -2.39. The van der Waals surface area contributed by atoms with E-state index in [0.29, 0.717) is 31.3 Å². The van der Waals surface area contributed by atoms with Gasteiger partial charge < -0.3 is 23.4 Å². The summed E-state index contributed by atoms with van der Waals surface area (Å²) in [6.07, 6.45) is -0.0433. The molecular weight excluding hydrogens is 384 g/mol. The molecule has 0 saturated carbocycles. The van der Waals surface area contributed by atoms with Gasteiger partial charge in [-0.2, -0.15) is 0 Å². The second-order valence-electron chi connectivity index (χ2n) is 7.28. The number of para-hydroxylation sites is 2. The van der Waals surface area contributed by atoms with Crippen molar-refractivity contribution in [3.8, 4) is 34.5 Å². The van der Waals surface area contributed by atoms with Crippen molar-refractivity contribution in [1.82, 2.24) is 9.88 Å². The van der Waals surface area contributed by atoms with Crippen LogP contribution >= 0.6 is 0 Å². The van der Waals surface area contributed by atoms with Crippen LogP contribution in [0, 0.1) is 6.92 Å². The Morgan fingerprint density at radius 1 is 1.10 bits per heavy atom. The maximum atomic E-state index is 6.06. The summed E-state index contributed by atoms with van der Waals surface area (Å²) in [5.41, 5.74) is 1.67. The predicted molar refractivity (Wildman–Crippen MR) is 112 cm³/mol. The van der Waals surface area contributed by atoms with Crippen molar-refractivity contribution in [1.29, 1.82) is 0 Å². The zero-order valence-corrected chi connectivity index (χ0v) is 17.7. The maximum absolute atomic E-state index is 6.06. The number of benzene rings is 2. The van der Waals surface area contributed by atoms with Crippen LogP contribution in [0.25, 0.3) is 11.5 Å². The first-order chi connectivity index (χ1) is 14.6. The Bertz CT molecular complexity index is 1020. The zero-order chi connectivity index (χ0) is 21.1. The second-order valence-corrected chi connectivity index (χ2v) is 7.28. The number of oxazole rings is 1. The Hall–Kier alpha value is -3.19. The molecule has 7 nitrogen and oxygen atoms in total. The van der Waals surface area contributed by atoms with Gasteiger partial charge >= 0.3 is 0 Å². The highest BCUT2D eigenvalue weighted by atomic mass is 16.6. The highest BCUT2D eigenvalue weighted by Crippen LogP contribution is 2.34. The Kier molecular flexibility index (Phi) is 5.81. The summed E-state index contributed by atoms with van der Waals surface area (Å²) in [5, 5.41) is 0. The molecule has 0 amide bonds. The van der Waals surface area contributed by atoms with Crippen molar-refractivity contribution >= 4 is 0 Å². The monoisotopic (exact) mass is 410 g/mol. The lowest BCUT2D eigenvalue weighted by atomic mass is 10.2. The van der Waals surface area contributed by atoms with Crippen LogP contribution in [0.5, 0.6) is 23.0 Å². The van der Waals surface area contributed by atoms with E-state index in [-0.39, 0.29) is 6.10 Å². The fraction of sp³-hybridized carbons (Fsp3) is 0.348. The zero-order valence-electron chi connectivity index (χ0n) is 17.7. The number of methoxy groups -OCH3 is 2. The van der Waals surface area contributed by atoms with Gasteiger partial charge in [-0.15, -0.1) is 0 Å². The quantitative estimate of drug-likeness (QED) is 0.584. The summed E-state index contributed by atoms with van der Waals surface area (Å²) in [5.74, 6) is 4.26. The van der Waals surface area contributed by atoms with Crippen molar-refractivity contribution in [3.63, 3.8) is 0 Å². The Balaban J connectivity index is 1.44. The minimum atomic E-state index is -0.0433. The third-order valence-corrected chi connectivity index (χ3v) is 5.03. The summed E-state index contributed by atoms with van der Waals surface area (Å²) in [6, 6.07) is 13.3.